The summed E-state index contributed by atoms with van der Waals surface area (Å²) in [6, 6.07) is 1.36. The van der Waals surface area contributed by atoms with Gasteiger partial charge in [-0.15, -0.1) is 0 Å². The number of primary amides is 1. The number of nitrogens with one attached hydrogen (secondary N) is 1. The van der Waals surface area contributed by atoms with Crippen LogP contribution in [0.1, 0.15) is 21.6 Å². The molecule has 0 aliphatic heterocycles. The molecule has 0 aromatic carbocycles. The molecule has 94 valence electrons. The van der Waals surface area contributed by atoms with E-state index < -0.39 is 18.6 Å². The normalized spacial score (nSPS) is 11.4. The van der Waals surface area contributed by atoms with Gasteiger partial charge in [0.25, 0.3) is 5.91 Å². The molecule has 0 saturated carbocycles. The topological polar surface area (TPSA) is 68.0 Å². The van der Waals surface area contributed by atoms with Crippen LogP contribution in [-0.4, -0.2) is 23.6 Å². The predicted molar refractivity (Wildman–Crippen MR) is 56.8 cm³/mol. The van der Waals surface area contributed by atoms with Crippen LogP contribution in [0.4, 0.5) is 19.0 Å². The lowest BCUT2D eigenvalue weighted by atomic mass is 10.1. The molecule has 0 spiro atoms. The summed E-state index contributed by atoms with van der Waals surface area (Å²) >= 11 is 0. The van der Waals surface area contributed by atoms with Gasteiger partial charge in [0, 0.05) is 0 Å². The number of carbonyl (C=O) groups excluding carboxylic acids is 1. The molecular weight excluding hydrogens is 235 g/mol. The van der Waals surface area contributed by atoms with E-state index in [9.17, 15) is 18.0 Å². The Morgan fingerprint density at radius 3 is 2.47 bits per heavy atom. The number of pyridine rings is 1. The lowest BCUT2D eigenvalue weighted by molar-refractivity contribution is -0.115. The standard InChI is InChI=1S/C10H12F3N3O/c1-5-3-7(15-4-10(11,12)13)16-6(2)8(5)9(14)17/h3H,4H2,1-2H3,(H2,14,17)(H,15,16). The largest absolute Gasteiger partial charge is 0.405 e. The summed E-state index contributed by atoms with van der Waals surface area (Å²) in [5, 5.41) is 2.14. The van der Waals surface area contributed by atoms with Crippen molar-refractivity contribution in [2.45, 2.75) is 20.0 Å². The Morgan fingerprint density at radius 1 is 1.47 bits per heavy atom. The van der Waals surface area contributed by atoms with Gasteiger partial charge in [-0.3, -0.25) is 4.79 Å². The number of hydrogen-bond acceptors (Lipinski definition) is 3. The molecular formula is C10H12F3N3O. The van der Waals surface area contributed by atoms with E-state index in [2.05, 4.69) is 10.3 Å². The molecule has 17 heavy (non-hydrogen) atoms. The lowest BCUT2D eigenvalue weighted by Crippen LogP contribution is -2.22. The number of hydrogen-bond donors (Lipinski definition) is 2. The number of anilines is 1. The van der Waals surface area contributed by atoms with Gasteiger partial charge in [0.2, 0.25) is 0 Å². The van der Waals surface area contributed by atoms with Crippen LogP contribution in [0.5, 0.6) is 0 Å². The molecule has 7 heteroatoms. The number of rotatable bonds is 3. The highest BCUT2D eigenvalue weighted by Crippen LogP contribution is 2.19. The van der Waals surface area contributed by atoms with Crippen molar-refractivity contribution in [1.29, 1.82) is 0 Å². The van der Waals surface area contributed by atoms with E-state index in [1.165, 1.54) is 13.0 Å². The molecule has 0 unspecified atom stereocenters. The SMILES string of the molecule is Cc1cc(NCC(F)(F)F)nc(C)c1C(N)=O. The molecule has 1 heterocycles. The Kier molecular flexibility index (Phi) is 3.59. The van der Waals surface area contributed by atoms with Crippen LogP contribution in [0, 0.1) is 13.8 Å². The monoisotopic (exact) mass is 247 g/mol. The van der Waals surface area contributed by atoms with E-state index in [1.54, 1.807) is 6.92 Å². The minimum Gasteiger partial charge on any atom is -0.366 e. The van der Waals surface area contributed by atoms with Crippen LogP contribution >= 0.6 is 0 Å². The van der Waals surface area contributed by atoms with Crippen molar-refractivity contribution in [1.82, 2.24) is 4.98 Å². The first-order chi connectivity index (χ1) is 7.70. The molecule has 0 bridgehead atoms. The maximum atomic E-state index is 12.0. The van der Waals surface area contributed by atoms with E-state index in [4.69, 9.17) is 5.73 Å². The van der Waals surface area contributed by atoms with Gasteiger partial charge in [-0.05, 0) is 25.5 Å². The summed E-state index contributed by atoms with van der Waals surface area (Å²) in [6.07, 6.45) is -4.31. The number of alkyl halides is 3. The second kappa shape index (κ2) is 4.60. The molecule has 1 aromatic rings. The van der Waals surface area contributed by atoms with Crippen LogP contribution in [0.3, 0.4) is 0 Å². The van der Waals surface area contributed by atoms with Crippen LogP contribution in [0.15, 0.2) is 6.07 Å². The third kappa shape index (κ3) is 3.61. The Balaban J connectivity index is 2.95. The summed E-state index contributed by atoms with van der Waals surface area (Å²) < 4.78 is 36.0. The summed E-state index contributed by atoms with van der Waals surface area (Å²) in [5.41, 5.74) is 6.17. The number of aryl methyl sites for hydroxylation is 2. The third-order valence-corrected chi connectivity index (χ3v) is 2.11. The molecule has 0 aliphatic rings. The molecule has 1 aromatic heterocycles. The third-order valence-electron chi connectivity index (χ3n) is 2.11. The second-order valence-electron chi connectivity index (χ2n) is 3.62. The number of carbonyl (C=O) groups is 1. The van der Waals surface area contributed by atoms with Gasteiger partial charge < -0.3 is 11.1 Å². The lowest BCUT2D eigenvalue weighted by Gasteiger charge is -2.12. The summed E-state index contributed by atoms with van der Waals surface area (Å²) in [5.74, 6) is -0.572. The van der Waals surface area contributed by atoms with Gasteiger partial charge in [-0.1, -0.05) is 0 Å². The molecule has 1 amide bonds. The molecule has 0 radical (unpaired) electrons. The van der Waals surface area contributed by atoms with Crippen molar-refractivity contribution in [3.05, 3.63) is 22.9 Å². The quantitative estimate of drug-likeness (QED) is 0.855. The predicted octanol–water partition coefficient (Wildman–Crippen LogP) is 1.77. The number of nitrogens with zero attached hydrogens (tertiary/aromatic N) is 1. The smallest absolute Gasteiger partial charge is 0.366 e. The van der Waals surface area contributed by atoms with E-state index >= 15 is 0 Å². The second-order valence-corrected chi connectivity index (χ2v) is 3.62. The van der Waals surface area contributed by atoms with Crippen molar-refractivity contribution < 1.29 is 18.0 Å². The van der Waals surface area contributed by atoms with Crippen molar-refractivity contribution in [3.8, 4) is 0 Å². The Bertz CT molecular complexity index is 420. The van der Waals surface area contributed by atoms with Gasteiger partial charge >= 0.3 is 6.18 Å². The van der Waals surface area contributed by atoms with Gasteiger partial charge in [-0.25, -0.2) is 4.98 Å². The van der Waals surface area contributed by atoms with E-state index in [1.807, 2.05) is 0 Å². The van der Waals surface area contributed by atoms with E-state index in [0.29, 0.717) is 11.3 Å². The maximum Gasteiger partial charge on any atom is 0.405 e. The molecule has 0 aliphatic carbocycles. The highest BCUT2D eigenvalue weighted by molar-refractivity contribution is 5.95. The number of halogens is 3. The van der Waals surface area contributed by atoms with Crippen molar-refractivity contribution in [2.24, 2.45) is 5.73 Å². The minimum absolute atomic E-state index is 0.0716. The van der Waals surface area contributed by atoms with Gasteiger partial charge in [0.05, 0.1) is 11.3 Å². The van der Waals surface area contributed by atoms with Gasteiger partial charge in [0.15, 0.2) is 0 Å². The Morgan fingerprint density at radius 2 is 2.06 bits per heavy atom. The van der Waals surface area contributed by atoms with Crippen LogP contribution in [0.2, 0.25) is 0 Å². The van der Waals surface area contributed by atoms with Gasteiger partial charge in [-0.2, -0.15) is 13.2 Å². The van der Waals surface area contributed by atoms with Crippen molar-refractivity contribution in [2.75, 3.05) is 11.9 Å². The molecule has 0 fully saturated rings. The average Bonchev–Trinajstić information content (AvgIpc) is 2.11. The summed E-state index contributed by atoms with van der Waals surface area (Å²) in [6.45, 7) is 1.94. The molecule has 1 rings (SSSR count). The number of nitrogens with two attached hydrogens (primary N) is 1. The molecule has 0 atom stereocenters. The Labute approximate surface area is 96.0 Å². The summed E-state index contributed by atoms with van der Waals surface area (Å²) in [4.78, 5) is 14.9. The first kappa shape index (κ1) is 13.3. The molecule has 3 N–H and O–H groups in total. The zero-order chi connectivity index (χ0) is 13.2. The number of amides is 1. The van der Waals surface area contributed by atoms with Crippen molar-refractivity contribution >= 4 is 11.7 Å². The van der Waals surface area contributed by atoms with Crippen LogP contribution in [0.25, 0.3) is 0 Å². The van der Waals surface area contributed by atoms with Crippen molar-refractivity contribution in [3.63, 3.8) is 0 Å². The average molecular weight is 247 g/mol. The highest BCUT2D eigenvalue weighted by atomic mass is 19.4. The zero-order valence-electron chi connectivity index (χ0n) is 9.35. The molecule has 4 nitrogen and oxygen atoms in total. The molecule has 0 saturated heterocycles. The number of aromatic nitrogens is 1. The fraction of sp³-hybridized carbons (Fsp3) is 0.400. The first-order valence-electron chi connectivity index (χ1n) is 4.79. The maximum absolute atomic E-state index is 12.0. The first-order valence-corrected chi connectivity index (χ1v) is 4.79. The van der Waals surface area contributed by atoms with Gasteiger partial charge in [0.1, 0.15) is 12.4 Å². The van der Waals surface area contributed by atoms with E-state index in [-0.39, 0.29) is 11.4 Å². The summed E-state index contributed by atoms with van der Waals surface area (Å²) in [7, 11) is 0. The van der Waals surface area contributed by atoms with Crippen LogP contribution in [-0.2, 0) is 0 Å². The fourth-order valence-electron chi connectivity index (χ4n) is 1.49. The minimum atomic E-state index is -4.31. The van der Waals surface area contributed by atoms with E-state index in [0.717, 1.165) is 0 Å². The van der Waals surface area contributed by atoms with Crippen LogP contribution < -0.4 is 11.1 Å². The Hall–Kier alpha value is -1.79. The zero-order valence-corrected chi connectivity index (χ0v) is 9.35. The highest BCUT2D eigenvalue weighted by Gasteiger charge is 2.27. The fourth-order valence-corrected chi connectivity index (χ4v) is 1.49.